The monoisotopic (exact) mass is 287 g/mol. The summed E-state index contributed by atoms with van der Waals surface area (Å²) in [6, 6.07) is 7.15. The van der Waals surface area contributed by atoms with Crippen molar-refractivity contribution in [2.24, 2.45) is 0 Å². The third kappa shape index (κ3) is 2.72. The topological polar surface area (TPSA) is 56.6 Å². The first-order chi connectivity index (χ1) is 10.2. The molecular formula is C16H21N3O2. The Kier molecular flexibility index (Phi) is 4.81. The van der Waals surface area contributed by atoms with Gasteiger partial charge in [-0.05, 0) is 19.2 Å². The number of hydrogen-bond acceptors (Lipinski definition) is 4. The smallest absolute Gasteiger partial charge is 0.259 e. The highest BCUT2D eigenvalue weighted by Crippen LogP contribution is 2.37. The van der Waals surface area contributed by atoms with E-state index in [1.807, 2.05) is 12.1 Å². The molecular weight excluding hydrogens is 266 g/mol. The summed E-state index contributed by atoms with van der Waals surface area (Å²) in [7, 11) is 1.54. The van der Waals surface area contributed by atoms with Gasteiger partial charge in [0.05, 0.1) is 18.7 Å². The molecule has 0 aliphatic carbocycles. The molecule has 1 aliphatic rings. The van der Waals surface area contributed by atoms with Gasteiger partial charge in [0.15, 0.2) is 0 Å². The summed E-state index contributed by atoms with van der Waals surface area (Å²) in [6.45, 7) is 7.38. The predicted molar refractivity (Wildman–Crippen MR) is 80.2 cm³/mol. The third-order valence-electron chi connectivity index (χ3n) is 4.03. The van der Waals surface area contributed by atoms with Crippen molar-refractivity contribution in [2.75, 3.05) is 33.3 Å². The van der Waals surface area contributed by atoms with Crippen LogP contribution in [0.15, 0.2) is 18.2 Å². The number of carbonyl (C=O) groups is 1. The van der Waals surface area contributed by atoms with E-state index in [9.17, 15) is 10.1 Å². The summed E-state index contributed by atoms with van der Waals surface area (Å²) < 4.78 is 5.27. The largest absolute Gasteiger partial charge is 0.496 e. The minimum Gasteiger partial charge on any atom is -0.496 e. The molecule has 0 saturated heterocycles. The number of fused-ring (bicyclic) bond motifs is 1. The maximum Gasteiger partial charge on any atom is 0.259 e. The Labute approximate surface area is 125 Å². The summed E-state index contributed by atoms with van der Waals surface area (Å²) in [6.07, 6.45) is 0. The highest BCUT2D eigenvalue weighted by molar-refractivity contribution is 6.02. The highest BCUT2D eigenvalue weighted by Gasteiger charge is 2.38. The van der Waals surface area contributed by atoms with Gasteiger partial charge in [0.1, 0.15) is 11.8 Å². The zero-order valence-corrected chi connectivity index (χ0v) is 12.8. The standard InChI is InChI=1S/C16H21N3O2/c1-4-18(5-2)9-10-19-13(11-17)12-7-6-8-14(21-3)15(12)16(19)20/h6-8,13H,4-5,9-10H2,1-3H3. The van der Waals surface area contributed by atoms with Crippen molar-refractivity contribution in [3.63, 3.8) is 0 Å². The maximum absolute atomic E-state index is 12.6. The number of ether oxygens (including phenoxy) is 1. The molecule has 21 heavy (non-hydrogen) atoms. The van der Waals surface area contributed by atoms with Crippen LogP contribution in [0.3, 0.4) is 0 Å². The molecule has 1 heterocycles. The quantitative estimate of drug-likeness (QED) is 0.803. The molecule has 2 rings (SSSR count). The van der Waals surface area contributed by atoms with E-state index in [0.29, 0.717) is 17.9 Å². The van der Waals surface area contributed by atoms with E-state index in [0.717, 1.165) is 25.2 Å². The minimum atomic E-state index is -0.516. The van der Waals surface area contributed by atoms with Gasteiger partial charge in [-0.2, -0.15) is 5.26 Å². The molecule has 1 aromatic rings. The van der Waals surface area contributed by atoms with Crippen LogP contribution in [0.25, 0.3) is 0 Å². The van der Waals surface area contributed by atoms with Crippen molar-refractivity contribution < 1.29 is 9.53 Å². The zero-order valence-electron chi connectivity index (χ0n) is 12.8. The van der Waals surface area contributed by atoms with Gasteiger partial charge in [0.2, 0.25) is 0 Å². The van der Waals surface area contributed by atoms with Crippen LogP contribution < -0.4 is 4.74 Å². The number of nitrogens with zero attached hydrogens (tertiary/aromatic N) is 3. The first-order valence-electron chi connectivity index (χ1n) is 7.27. The van der Waals surface area contributed by atoms with Crippen LogP contribution in [-0.2, 0) is 0 Å². The molecule has 5 nitrogen and oxygen atoms in total. The van der Waals surface area contributed by atoms with Crippen LogP contribution in [-0.4, -0.2) is 49.0 Å². The Morgan fingerprint density at radius 3 is 2.67 bits per heavy atom. The van der Waals surface area contributed by atoms with Crippen LogP contribution in [0.4, 0.5) is 0 Å². The van der Waals surface area contributed by atoms with Gasteiger partial charge in [-0.15, -0.1) is 0 Å². The number of likely N-dealkylation sites (N-methyl/N-ethyl adjacent to an activating group) is 1. The fourth-order valence-corrected chi connectivity index (χ4v) is 2.76. The van der Waals surface area contributed by atoms with E-state index in [1.165, 1.54) is 0 Å². The van der Waals surface area contributed by atoms with Gasteiger partial charge in [-0.3, -0.25) is 4.79 Å². The van der Waals surface area contributed by atoms with Crippen LogP contribution in [0.1, 0.15) is 35.8 Å². The fourth-order valence-electron chi connectivity index (χ4n) is 2.76. The lowest BCUT2D eigenvalue weighted by Crippen LogP contribution is -2.36. The summed E-state index contributed by atoms with van der Waals surface area (Å²) >= 11 is 0. The molecule has 1 aromatic carbocycles. The molecule has 0 fully saturated rings. The second-order valence-corrected chi connectivity index (χ2v) is 4.98. The van der Waals surface area contributed by atoms with Crippen LogP contribution in [0.2, 0.25) is 0 Å². The molecule has 5 heteroatoms. The van der Waals surface area contributed by atoms with Crippen molar-refractivity contribution >= 4 is 5.91 Å². The Hall–Kier alpha value is -2.06. The molecule has 0 N–H and O–H groups in total. The predicted octanol–water partition coefficient (Wildman–Crippen LogP) is 2.06. The van der Waals surface area contributed by atoms with E-state index < -0.39 is 6.04 Å². The van der Waals surface area contributed by atoms with Crippen molar-refractivity contribution in [3.05, 3.63) is 29.3 Å². The zero-order chi connectivity index (χ0) is 15.4. The molecule has 112 valence electrons. The molecule has 0 spiro atoms. The van der Waals surface area contributed by atoms with Gasteiger partial charge >= 0.3 is 0 Å². The molecule has 1 atom stereocenters. The van der Waals surface area contributed by atoms with Gasteiger partial charge in [-0.1, -0.05) is 26.0 Å². The summed E-state index contributed by atoms with van der Waals surface area (Å²) in [5.74, 6) is 0.434. The molecule has 1 unspecified atom stereocenters. The van der Waals surface area contributed by atoms with Crippen LogP contribution in [0, 0.1) is 11.3 Å². The second-order valence-electron chi connectivity index (χ2n) is 4.98. The number of carbonyl (C=O) groups excluding carboxylic acids is 1. The fraction of sp³-hybridized carbons (Fsp3) is 0.500. The Morgan fingerprint density at radius 2 is 2.10 bits per heavy atom. The van der Waals surface area contributed by atoms with Crippen molar-refractivity contribution in [1.29, 1.82) is 5.26 Å². The lowest BCUT2D eigenvalue weighted by atomic mass is 10.0. The Bertz CT molecular complexity index is 561. The lowest BCUT2D eigenvalue weighted by molar-refractivity contribution is 0.0736. The highest BCUT2D eigenvalue weighted by atomic mass is 16.5. The first kappa shape index (κ1) is 15.3. The van der Waals surface area contributed by atoms with Crippen LogP contribution in [0.5, 0.6) is 5.75 Å². The number of amides is 1. The molecule has 0 radical (unpaired) electrons. The molecule has 1 amide bonds. The average Bonchev–Trinajstić information content (AvgIpc) is 2.80. The maximum atomic E-state index is 12.6. The third-order valence-corrected chi connectivity index (χ3v) is 4.03. The molecule has 0 aromatic heterocycles. The van der Waals surface area contributed by atoms with Crippen molar-refractivity contribution in [1.82, 2.24) is 9.80 Å². The van der Waals surface area contributed by atoms with E-state index in [4.69, 9.17) is 4.74 Å². The summed E-state index contributed by atoms with van der Waals surface area (Å²) in [4.78, 5) is 16.5. The minimum absolute atomic E-state index is 0.110. The number of methoxy groups -OCH3 is 1. The number of nitriles is 1. The van der Waals surface area contributed by atoms with E-state index >= 15 is 0 Å². The number of rotatable bonds is 6. The van der Waals surface area contributed by atoms with Gasteiger partial charge in [0, 0.05) is 18.7 Å². The first-order valence-corrected chi connectivity index (χ1v) is 7.27. The molecule has 0 bridgehead atoms. The van der Waals surface area contributed by atoms with Crippen LogP contribution >= 0.6 is 0 Å². The molecule has 0 saturated carbocycles. The van der Waals surface area contributed by atoms with E-state index in [1.54, 1.807) is 18.1 Å². The SMILES string of the molecule is CCN(CC)CCN1C(=O)c2c(OC)cccc2C1C#N. The average molecular weight is 287 g/mol. The van der Waals surface area contributed by atoms with Crippen molar-refractivity contribution in [2.45, 2.75) is 19.9 Å². The molecule has 1 aliphatic heterocycles. The number of hydrogen-bond donors (Lipinski definition) is 0. The summed E-state index contributed by atoms with van der Waals surface area (Å²) in [5.41, 5.74) is 1.28. The second kappa shape index (κ2) is 6.59. The Morgan fingerprint density at radius 1 is 1.38 bits per heavy atom. The van der Waals surface area contributed by atoms with E-state index in [2.05, 4.69) is 24.8 Å². The Balaban J connectivity index is 2.26. The van der Waals surface area contributed by atoms with E-state index in [-0.39, 0.29) is 5.91 Å². The van der Waals surface area contributed by atoms with Crippen molar-refractivity contribution in [3.8, 4) is 11.8 Å². The lowest BCUT2D eigenvalue weighted by Gasteiger charge is -2.24. The number of benzene rings is 1. The summed E-state index contributed by atoms with van der Waals surface area (Å²) in [5, 5.41) is 9.45. The van der Waals surface area contributed by atoms with Gasteiger partial charge < -0.3 is 14.5 Å². The van der Waals surface area contributed by atoms with Gasteiger partial charge in [0.25, 0.3) is 5.91 Å². The van der Waals surface area contributed by atoms with Gasteiger partial charge in [-0.25, -0.2) is 0 Å². The normalized spacial score (nSPS) is 17.0.